The van der Waals surface area contributed by atoms with Crippen LogP contribution in [-0.2, 0) is 0 Å². The van der Waals surface area contributed by atoms with Gasteiger partial charge in [-0.05, 0) is 30.7 Å². The summed E-state index contributed by atoms with van der Waals surface area (Å²) in [4.78, 5) is 10.6. The van der Waals surface area contributed by atoms with Crippen LogP contribution in [-0.4, -0.2) is 43.9 Å². The standard InChI is InChI=1S/C22H14ClF2N7O/c1-10-17(14-2-3-28-16-5-12(23)4-11(6-26)18(14)16)22(31-8-13(33)9-31)32-21(29-10)15(7-27)19(30-32)20(24)25/h2-5,13,20,33H,8-9H2,1H3. The lowest BCUT2D eigenvalue weighted by Crippen LogP contribution is -2.51. The molecule has 0 aliphatic carbocycles. The second-order valence-electron chi connectivity index (χ2n) is 7.68. The van der Waals surface area contributed by atoms with E-state index in [1.807, 2.05) is 0 Å². The molecule has 33 heavy (non-hydrogen) atoms. The minimum atomic E-state index is -2.96. The smallest absolute Gasteiger partial charge is 0.283 e. The van der Waals surface area contributed by atoms with Gasteiger partial charge in [0.2, 0.25) is 0 Å². The normalized spacial score (nSPS) is 14.0. The molecule has 5 rings (SSSR count). The first-order chi connectivity index (χ1) is 15.8. The van der Waals surface area contributed by atoms with Crippen molar-refractivity contribution in [1.82, 2.24) is 19.6 Å². The van der Waals surface area contributed by atoms with E-state index in [0.29, 0.717) is 44.1 Å². The summed E-state index contributed by atoms with van der Waals surface area (Å²) in [5.74, 6) is 0.400. The number of aromatic nitrogens is 4. The molecule has 0 unspecified atom stereocenters. The molecule has 1 fully saturated rings. The Kier molecular flexibility index (Phi) is 4.85. The Hall–Kier alpha value is -3.86. The number of fused-ring (bicyclic) bond motifs is 2. The van der Waals surface area contributed by atoms with Crippen LogP contribution in [0.25, 0.3) is 27.7 Å². The highest BCUT2D eigenvalue weighted by Crippen LogP contribution is 2.41. The summed E-state index contributed by atoms with van der Waals surface area (Å²) in [5.41, 5.74) is 1.39. The van der Waals surface area contributed by atoms with Crippen molar-refractivity contribution in [3.05, 3.63) is 51.9 Å². The van der Waals surface area contributed by atoms with Crippen LogP contribution in [0.15, 0.2) is 24.4 Å². The lowest BCUT2D eigenvalue weighted by atomic mass is 9.96. The van der Waals surface area contributed by atoms with Crippen LogP contribution in [0.4, 0.5) is 14.6 Å². The zero-order valence-corrected chi connectivity index (χ0v) is 17.8. The van der Waals surface area contributed by atoms with E-state index in [2.05, 4.69) is 21.1 Å². The Bertz CT molecular complexity index is 1530. The first kappa shape index (κ1) is 21.0. The topological polar surface area (TPSA) is 114 Å². The van der Waals surface area contributed by atoms with E-state index in [1.165, 1.54) is 10.6 Å². The molecule has 0 radical (unpaired) electrons. The molecule has 0 spiro atoms. The summed E-state index contributed by atoms with van der Waals surface area (Å²) in [6, 6.07) is 8.79. The fraction of sp³-hybridized carbons (Fsp3) is 0.227. The highest BCUT2D eigenvalue weighted by atomic mass is 35.5. The molecule has 1 aliphatic heterocycles. The summed E-state index contributed by atoms with van der Waals surface area (Å²) < 4.78 is 28.5. The molecule has 1 aliphatic rings. The Labute approximate surface area is 190 Å². The number of aliphatic hydroxyl groups excluding tert-OH is 1. The van der Waals surface area contributed by atoms with E-state index >= 15 is 0 Å². The third-order valence-electron chi connectivity index (χ3n) is 5.62. The molecule has 11 heteroatoms. The van der Waals surface area contributed by atoms with Gasteiger partial charge in [-0.2, -0.15) is 20.1 Å². The van der Waals surface area contributed by atoms with Crippen molar-refractivity contribution < 1.29 is 13.9 Å². The first-order valence-corrected chi connectivity index (χ1v) is 10.2. The largest absolute Gasteiger partial charge is 0.389 e. The van der Waals surface area contributed by atoms with E-state index in [4.69, 9.17) is 11.6 Å². The molecule has 1 N–H and O–H groups in total. The van der Waals surface area contributed by atoms with Crippen molar-refractivity contribution in [1.29, 1.82) is 10.5 Å². The van der Waals surface area contributed by atoms with Crippen LogP contribution in [0, 0.1) is 29.6 Å². The Morgan fingerprint density at radius 3 is 2.64 bits per heavy atom. The predicted octanol–water partition coefficient (Wildman–Crippen LogP) is 3.77. The van der Waals surface area contributed by atoms with Crippen LogP contribution in [0.2, 0.25) is 5.02 Å². The summed E-state index contributed by atoms with van der Waals surface area (Å²) in [6.07, 6.45) is -2.00. The maximum Gasteiger partial charge on any atom is 0.283 e. The molecule has 0 atom stereocenters. The molecule has 1 aromatic carbocycles. The van der Waals surface area contributed by atoms with Gasteiger partial charge in [0, 0.05) is 35.3 Å². The number of nitriles is 2. The van der Waals surface area contributed by atoms with Gasteiger partial charge < -0.3 is 10.0 Å². The number of pyridine rings is 1. The monoisotopic (exact) mass is 465 g/mol. The quantitative estimate of drug-likeness (QED) is 0.489. The molecule has 0 bridgehead atoms. The summed E-state index contributed by atoms with van der Waals surface area (Å²) in [7, 11) is 0. The van der Waals surface area contributed by atoms with Crippen molar-refractivity contribution in [2.24, 2.45) is 0 Å². The minimum absolute atomic E-state index is 0.00681. The zero-order chi connectivity index (χ0) is 23.4. The third kappa shape index (κ3) is 3.15. The molecular weight excluding hydrogens is 452 g/mol. The third-order valence-corrected chi connectivity index (χ3v) is 5.84. The number of hydrogen-bond acceptors (Lipinski definition) is 7. The second-order valence-corrected chi connectivity index (χ2v) is 8.12. The van der Waals surface area contributed by atoms with Crippen molar-refractivity contribution >= 4 is 34.0 Å². The maximum atomic E-state index is 13.6. The van der Waals surface area contributed by atoms with Gasteiger partial charge in [-0.3, -0.25) is 4.98 Å². The number of rotatable bonds is 3. The van der Waals surface area contributed by atoms with Crippen LogP contribution in [0.3, 0.4) is 0 Å². The summed E-state index contributed by atoms with van der Waals surface area (Å²) in [6.45, 7) is 2.19. The number of aliphatic hydroxyl groups is 1. The average molecular weight is 466 g/mol. The van der Waals surface area contributed by atoms with E-state index in [0.717, 1.165) is 0 Å². The van der Waals surface area contributed by atoms with Crippen LogP contribution in [0.1, 0.15) is 28.9 Å². The Morgan fingerprint density at radius 1 is 1.24 bits per heavy atom. The van der Waals surface area contributed by atoms with E-state index in [1.54, 1.807) is 36.2 Å². The molecule has 164 valence electrons. The Morgan fingerprint density at radius 2 is 2.00 bits per heavy atom. The molecule has 8 nitrogen and oxygen atoms in total. The van der Waals surface area contributed by atoms with Gasteiger partial charge in [-0.1, -0.05) is 11.6 Å². The van der Waals surface area contributed by atoms with E-state index < -0.39 is 18.2 Å². The van der Waals surface area contributed by atoms with Crippen molar-refractivity contribution in [3.8, 4) is 23.3 Å². The zero-order valence-electron chi connectivity index (χ0n) is 17.1. The first-order valence-electron chi connectivity index (χ1n) is 9.87. The maximum absolute atomic E-state index is 13.6. The molecule has 0 amide bonds. The molecule has 1 saturated heterocycles. The molecule has 4 heterocycles. The van der Waals surface area contributed by atoms with Gasteiger partial charge in [0.05, 0.1) is 28.9 Å². The highest BCUT2D eigenvalue weighted by Gasteiger charge is 2.33. The van der Waals surface area contributed by atoms with Crippen LogP contribution >= 0.6 is 11.6 Å². The van der Waals surface area contributed by atoms with Gasteiger partial charge in [-0.25, -0.2) is 13.8 Å². The predicted molar refractivity (Wildman–Crippen MR) is 116 cm³/mol. The summed E-state index contributed by atoms with van der Waals surface area (Å²) in [5, 5.41) is 34.1. The highest BCUT2D eigenvalue weighted by molar-refractivity contribution is 6.31. The fourth-order valence-electron chi connectivity index (χ4n) is 4.20. The van der Waals surface area contributed by atoms with Gasteiger partial charge in [0.25, 0.3) is 6.43 Å². The second kappa shape index (κ2) is 7.62. The van der Waals surface area contributed by atoms with Crippen molar-refractivity contribution in [2.45, 2.75) is 19.5 Å². The van der Waals surface area contributed by atoms with Gasteiger partial charge in [0.15, 0.2) is 5.65 Å². The van der Waals surface area contributed by atoms with Gasteiger partial charge in [-0.15, -0.1) is 0 Å². The molecule has 0 saturated carbocycles. The number of aryl methyl sites for hydroxylation is 1. The molecular formula is C22H14ClF2N7O. The number of β-amino-alcohol motifs (C(OH)–C–C–N with tert-alkyl or cyclic N) is 1. The number of anilines is 1. The van der Waals surface area contributed by atoms with Gasteiger partial charge >= 0.3 is 0 Å². The van der Waals surface area contributed by atoms with Gasteiger partial charge in [0.1, 0.15) is 23.1 Å². The number of benzene rings is 1. The number of halogens is 3. The molecule has 3 aromatic heterocycles. The van der Waals surface area contributed by atoms with Crippen molar-refractivity contribution in [2.75, 3.05) is 18.0 Å². The molecule has 4 aromatic rings. The Balaban J connectivity index is 1.93. The van der Waals surface area contributed by atoms with Crippen molar-refractivity contribution in [3.63, 3.8) is 0 Å². The lowest BCUT2D eigenvalue weighted by molar-refractivity contribution is 0.140. The number of alkyl halides is 2. The fourth-order valence-corrected chi connectivity index (χ4v) is 4.42. The van der Waals surface area contributed by atoms with E-state index in [9.17, 15) is 24.4 Å². The SMILES string of the molecule is Cc1nc2c(C#N)c(C(F)F)nn2c(N2CC(O)C2)c1-c1ccnc2cc(Cl)cc(C#N)c12. The summed E-state index contributed by atoms with van der Waals surface area (Å²) >= 11 is 6.15. The average Bonchev–Trinajstić information content (AvgIpc) is 3.13. The lowest BCUT2D eigenvalue weighted by Gasteiger charge is -2.39. The number of nitrogens with zero attached hydrogens (tertiary/aromatic N) is 7. The van der Waals surface area contributed by atoms with E-state index in [-0.39, 0.29) is 24.3 Å². The van der Waals surface area contributed by atoms with Crippen LogP contribution in [0.5, 0.6) is 0 Å². The minimum Gasteiger partial charge on any atom is -0.389 e. The number of hydrogen-bond donors (Lipinski definition) is 1. The van der Waals surface area contributed by atoms with Crippen LogP contribution < -0.4 is 4.90 Å².